The van der Waals surface area contributed by atoms with Gasteiger partial charge in [0.05, 0.1) is 22.1 Å². The number of benzene rings is 1. The van der Waals surface area contributed by atoms with Gasteiger partial charge < -0.3 is 0 Å². The molecule has 0 aliphatic carbocycles. The number of hydrogen-bond donors (Lipinski definition) is 0. The lowest BCUT2D eigenvalue weighted by molar-refractivity contribution is 0.893. The van der Waals surface area contributed by atoms with Gasteiger partial charge in [0.2, 0.25) is 0 Å². The van der Waals surface area contributed by atoms with E-state index in [9.17, 15) is 0 Å². The summed E-state index contributed by atoms with van der Waals surface area (Å²) in [7, 11) is 0. The lowest BCUT2D eigenvalue weighted by atomic mass is 10.3. The zero-order chi connectivity index (χ0) is 15.2. The molecule has 0 bridgehead atoms. The average Bonchev–Trinajstić information content (AvgIpc) is 3.33. The standard InChI is InChI=1S/C16H10N6S/c1-2-5-11(6-3-1)22-14-12(9-18-22)15-19-20-16(21(15)10-17-14)13-7-4-8-23-13/h1-10H. The predicted octanol–water partition coefficient (Wildman–Crippen LogP) is 3.19. The summed E-state index contributed by atoms with van der Waals surface area (Å²) in [5.41, 5.74) is 2.51. The third kappa shape index (κ3) is 1.80. The summed E-state index contributed by atoms with van der Waals surface area (Å²) < 4.78 is 3.72. The molecular formula is C16H10N6S. The highest BCUT2D eigenvalue weighted by Crippen LogP contribution is 2.26. The third-order valence-corrected chi connectivity index (χ3v) is 4.58. The van der Waals surface area contributed by atoms with Crippen LogP contribution in [-0.2, 0) is 0 Å². The topological polar surface area (TPSA) is 60.9 Å². The van der Waals surface area contributed by atoms with Gasteiger partial charge in [-0.05, 0) is 23.6 Å². The summed E-state index contributed by atoms with van der Waals surface area (Å²) in [6.45, 7) is 0. The summed E-state index contributed by atoms with van der Waals surface area (Å²) >= 11 is 1.63. The van der Waals surface area contributed by atoms with E-state index in [4.69, 9.17) is 0 Å². The van der Waals surface area contributed by atoms with Crippen molar-refractivity contribution in [1.82, 2.24) is 29.4 Å². The van der Waals surface area contributed by atoms with Crippen LogP contribution in [0.25, 0.3) is 33.1 Å². The Morgan fingerprint density at radius 2 is 1.83 bits per heavy atom. The molecular weight excluding hydrogens is 308 g/mol. The largest absolute Gasteiger partial charge is 0.264 e. The van der Waals surface area contributed by atoms with Gasteiger partial charge in [-0.15, -0.1) is 21.5 Å². The van der Waals surface area contributed by atoms with Crippen LogP contribution in [0.15, 0.2) is 60.4 Å². The van der Waals surface area contributed by atoms with Gasteiger partial charge in [0.25, 0.3) is 0 Å². The van der Waals surface area contributed by atoms with Gasteiger partial charge in [-0.3, -0.25) is 4.40 Å². The monoisotopic (exact) mass is 318 g/mol. The summed E-state index contributed by atoms with van der Waals surface area (Å²) in [5.74, 6) is 0.803. The van der Waals surface area contributed by atoms with Gasteiger partial charge in [0.1, 0.15) is 6.33 Å². The van der Waals surface area contributed by atoms with E-state index < -0.39 is 0 Å². The number of fused-ring (bicyclic) bond motifs is 3. The van der Waals surface area contributed by atoms with Crippen molar-refractivity contribution in [2.45, 2.75) is 0 Å². The molecule has 4 heterocycles. The molecule has 0 aliphatic rings. The van der Waals surface area contributed by atoms with E-state index in [2.05, 4.69) is 20.3 Å². The summed E-state index contributed by atoms with van der Waals surface area (Å²) in [4.78, 5) is 5.64. The highest BCUT2D eigenvalue weighted by Gasteiger charge is 2.15. The van der Waals surface area contributed by atoms with Crippen LogP contribution < -0.4 is 0 Å². The predicted molar refractivity (Wildman–Crippen MR) is 88.7 cm³/mol. The highest BCUT2D eigenvalue weighted by molar-refractivity contribution is 7.13. The van der Waals surface area contributed by atoms with Crippen molar-refractivity contribution in [1.29, 1.82) is 0 Å². The van der Waals surface area contributed by atoms with Crippen molar-refractivity contribution in [3.05, 3.63) is 60.4 Å². The molecule has 110 valence electrons. The fourth-order valence-corrected chi connectivity index (χ4v) is 3.36. The number of hydrogen-bond acceptors (Lipinski definition) is 5. The molecule has 0 atom stereocenters. The van der Waals surface area contributed by atoms with Crippen molar-refractivity contribution in [3.8, 4) is 16.4 Å². The molecule has 4 aromatic heterocycles. The first kappa shape index (κ1) is 12.5. The van der Waals surface area contributed by atoms with E-state index in [1.807, 2.05) is 56.9 Å². The molecule has 0 radical (unpaired) electrons. The molecule has 0 N–H and O–H groups in total. The minimum Gasteiger partial charge on any atom is -0.264 e. The fourth-order valence-electron chi connectivity index (χ4n) is 2.65. The van der Waals surface area contributed by atoms with Gasteiger partial charge in [0.15, 0.2) is 17.1 Å². The van der Waals surface area contributed by atoms with Crippen LogP contribution >= 0.6 is 11.3 Å². The van der Waals surface area contributed by atoms with E-state index >= 15 is 0 Å². The maximum atomic E-state index is 4.58. The first-order valence-electron chi connectivity index (χ1n) is 7.08. The third-order valence-electron chi connectivity index (χ3n) is 3.72. The Hall–Kier alpha value is -3.06. The number of aromatic nitrogens is 6. The average molecular weight is 318 g/mol. The molecule has 0 saturated carbocycles. The fraction of sp³-hybridized carbons (Fsp3) is 0. The molecule has 0 unspecified atom stereocenters. The molecule has 5 rings (SSSR count). The maximum absolute atomic E-state index is 4.58. The lowest BCUT2D eigenvalue weighted by Gasteiger charge is -2.02. The number of para-hydroxylation sites is 1. The Bertz CT molecular complexity index is 1110. The maximum Gasteiger partial charge on any atom is 0.179 e. The minimum absolute atomic E-state index is 0.764. The quantitative estimate of drug-likeness (QED) is 0.501. The second-order valence-electron chi connectivity index (χ2n) is 5.07. The zero-order valence-electron chi connectivity index (χ0n) is 11.9. The molecule has 0 spiro atoms. The lowest BCUT2D eigenvalue weighted by Crippen LogP contribution is -1.98. The molecule has 0 aliphatic heterocycles. The Morgan fingerprint density at radius 3 is 2.65 bits per heavy atom. The van der Waals surface area contributed by atoms with Crippen LogP contribution in [0.5, 0.6) is 0 Å². The highest BCUT2D eigenvalue weighted by atomic mass is 32.1. The van der Waals surface area contributed by atoms with Gasteiger partial charge in [-0.25, -0.2) is 9.67 Å². The van der Waals surface area contributed by atoms with Crippen molar-refractivity contribution in [3.63, 3.8) is 0 Å². The van der Waals surface area contributed by atoms with E-state index in [0.29, 0.717) is 0 Å². The van der Waals surface area contributed by atoms with Gasteiger partial charge in [-0.2, -0.15) is 5.10 Å². The Balaban J connectivity index is 1.78. The summed E-state index contributed by atoms with van der Waals surface area (Å²) in [5, 5.41) is 16.0. The van der Waals surface area contributed by atoms with E-state index in [-0.39, 0.29) is 0 Å². The SMILES string of the molecule is c1ccc(-n2ncc3c2ncn2c(-c4cccs4)nnc32)cc1. The summed E-state index contributed by atoms with van der Waals surface area (Å²) in [6, 6.07) is 14.0. The van der Waals surface area contributed by atoms with E-state index in [1.54, 1.807) is 23.9 Å². The second kappa shape index (κ2) is 4.72. The number of rotatable bonds is 2. The van der Waals surface area contributed by atoms with Crippen LogP contribution in [0.1, 0.15) is 0 Å². The molecule has 0 amide bonds. The van der Waals surface area contributed by atoms with Crippen LogP contribution in [0, 0.1) is 0 Å². The first-order chi connectivity index (χ1) is 11.4. The second-order valence-corrected chi connectivity index (χ2v) is 6.02. The molecule has 6 nitrogen and oxygen atoms in total. The molecule has 1 aromatic carbocycles. The van der Waals surface area contributed by atoms with E-state index in [1.165, 1.54) is 0 Å². The molecule has 23 heavy (non-hydrogen) atoms. The Morgan fingerprint density at radius 1 is 0.913 bits per heavy atom. The van der Waals surface area contributed by atoms with Crippen molar-refractivity contribution in [2.75, 3.05) is 0 Å². The first-order valence-corrected chi connectivity index (χ1v) is 7.96. The van der Waals surface area contributed by atoms with Gasteiger partial charge in [0, 0.05) is 0 Å². The number of thiophene rings is 1. The van der Waals surface area contributed by atoms with Crippen LogP contribution in [0.3, 0.4) is 0 Å². The smallest absolute Gasteiger partial charge is 0.179 e. The van der Waals surface area contributed by atoms with Crippen molar-refractivity contribution in [2.24, 2.45) is 0 Å². The molecule has 5 aromatic rings. The Labute approximate surface area is 134 Å². The zero-order valence-corrected chi connectivity index (χ0v) is 12.7. The minimum atomic E-state index is 0.764. The van der Waals surface area contributed by atoms with Crippen molar-refractivity contribution >= 4 is 28.0 Å². The van der Waals surface area contributed by atoms with Crippen LogP contribution in [0.4, 0.5) is 0 Å². The molecule has 0 fully saturated rings. The van der Waals surface area contributed by atoms with Gasteiger partial charge >= 0.3 is 0 Å². The van der Waals surface area contributed by atoms with Crippen LogP contribution in [0.2, 0.25) is 0 Å². The Kier molecular flexibility index (Phi) is 2.56. The number of nitrogens with zero attached hydrogens (tertiary/aromatic N) is 6. The normalized spacial score (nSPS) is 11.5. The van der Waals surface area contributed by atoms with E-state index in [0.717, 1.165) is 33.1 Å². The van der Waals surface area contributed by atoms with Crippen LogP contribution in [-0.4, -0.2) is 29.4 Å². The summed E-state index contributed by atoms with van der Waals surface area (Å²) in [6.07, 6.45) is 3.55. The molecule has 0 saturated heterocycles. The van der Waals surface area contributed by atoms with Gasteiger partial charge in [-0.1, -0.05) is 24.3 Å². The van der Waals surface area contributed by atoms with Crippen molar-refractivity contribution < 1.29 is 0 Å². The molecule has 7 heteroatoms.